The molecule has 0 amide bonds. The van der Waals surface area contributed by atoms with Crippen molar-refractivity contribution in [3.63, 3.8) is 0 Å². The number of hydrogen-bond acceptors (Lipinski definition) is 1. The molecule has 0 aliphatic carbocycles. The van der Waals surface area contributed by atoms with Gasteiger partial charge in [-0.1, -0.05) is 0 Å². The molecular weight excluding hydrogens is 183 g/mol. The standard InChI is InChI=1S/C5H2F5N2/c6-4(7,5(8,9)10)3-1-2-11-12-3/h1-2H. The van der Waals surface area contributed by atoms with Crippen molar-refractivity contribution < 1.29 is 22.0 Å². The van der Waals surface area contributed by atoms with E-state index < -0.39 is 17.8 Å². The van der Waals surface area contributed by atoms with Crippen molar-refractivity contribution in [3.8, 4) is 0 Å². The summed E-state index contributed by atoms with van der Waals surface area (Å²) in [6, 6.07) is 0. The van der Waals surface area contributed by atoms with E-state index in [0.29, 0.717) is 6.08 Å². The highest BCUT2D eigenvalue weighted by Gasteiger charge is 2.61. The van der Waals surface area contributed by atoms with Gasteiger partial charge in [0, 0.05) is 0 Å². The Morgan fingerprint density at radius 2 is 1.67 bits per heavy atom. The Morgan fingerprint density at radius 3 is 2.00 bits per heavy atom. The van der Waals surface area contributed by atoms with Gasteiger partial charge in [-0.2, -0.15) is 27.4 Å². The lowest BCUT2D eigenvalue weighted by molar-refractivity contribution is -0.248. The second kappa shape index (κ2) is 2.43. The molecule has 1 radical (unpaired) electrons. The van der Waals surface area contributed by atoms with E-state index in [1.807, 2.05) is 0 Å². The summed E-state index contributed by atoms with van der Waals surface area (Å²) in [5, 5.41) is 2.63. The summed E-state index contributed by atoms with van der Waals surface area (Å²) in [6.07, 6.45) is -4.32. The van der Waals surface area contributed by atoms with Crippen LogP contribution in [0.25, 0.3) is 0 Å². The van der Waals surface area contributed by atoms with Crippen LogP contribution >= 0.6 is 0 Å². The van der Waals surface area contributed by atoms with Crippen LogP contribution in [-0.2, 0) is 0 Å². The second-order valence-electron chi connectivity index (χ2n) is 1.99. The van der Waals surface area contributed by atoms with Crippen LogP contribution in [0.4, 0.5) is 22.0 Å². The van der Waals surface area contributed by atoms with Gasteiger partial charge in [0.05, 0.1) is 6.20 Å². The summed E-state index contributed by atoms with van der Waals surface area (Å²) in [7, 11) is 0. The lowest BCUT2D eigenvalue weighted by atomic mass is 10.2. The van der Waals surface area contributed by atoms with E-state index in [1.165, 1.54) is 0 Å². The highest BCUT2D eigenvalue weighted by Crippen LogP contribution is 2.37. The van der Waals surface area contributed by atoms with Gasteiger partial charge in [-0.25, -0.2) is 0 Å². The van der Waals surface area contributed by atoms with E-state index in [4.69, 9.17) is 0 Å². The lowest BCUT2D eigenvalue weighted by Crippen LogP contribution is -2.42. The first-order chi connectivity index (χ1) is 5.36. The van der Waals surface area contributed by atoms with Crippen molar-refractivity contribution in [2.24, 2.45) is 5.10 Å². The number of alkyl halides is 5. The van der Waals surface area contributed by atoms with Crippen LogP contribution in [0.2, 0.25) is 0 Å². The summed E-state index contributed by atoms with van der Waals surface area (Å²) >= 11 is 0. The topological polar surface area (TPSA) is 26.5 Å². The molecule has 7 heteroatoms. The van der Waals surface area contributed by atoms with E-state index in [-0.39, 0.29) is 0 Å². The van der Waals surface area contributed by atoms with E-state index in [2.05, 4.69) is 10.5 Å². The van der Waals surface area contributed by atoms with Gasteiger partial charge in [0.1, 0.15) is 5.71 Å². The molecule has 2 nitrogen and oxygen atoms in total. The molecule has 0 saturated carbocycles. The Balaban J connectivity index is 2.92. The second-order valence-corrected chi connectivity index (χ2v) is 1.99. The molecule has 1 aliphatic rings. The van der Waals surface area contributed by atoms with Crippen LogP contribution in [0.1, 0.15) is 0 Å². The molecule has 0 atom stereocenters. The minimum atomic E-state index is -5.62. The van der Waals surface area contributed by atoms with E-state index >= 15 is 0 Å². The summed E-state index contributed by atoms with van der Waals surface area (Å²) in [5.41, 5.74) is 1.49. The van der Waals surface area contributed by atoms with Crippen LogP contribution in [-0.4, -0.2) is 17.8 Å². The van der Waals surface area contributed by atoms with E-state index in [1.54, 1.807) is 0 Å². The van der Waals surface area contributed by atoms with Gasteiger partial charge in [0.15, 0.2) is 0 Å². The van der Waals surface area contributed by atoms with Gasteiger partial charge < -0.3 is 0 Å². The van der Waals surface area contributed by atoms with Crippen molar-refractivity contribution in [2.45, 2.75) is 12.1 Å². The van der Waals surface area contributed by atoms with Crippen LogP contribution in [0, 0.1) is 0 Å². The zero-order chi connectivity index (χ0) is 9.41. The Labute approximate surface area is 63.7 Å². The number of rotatable bonds is 1. The number of allylic oxidation sites excluding steroid dienone is 1. The highest BCUT2D eigenvalue weighted by molar-refractivity contribution is 6.02. The molecule has 0 fully saturated rings. The fraction of sp³-hybridized carbons (Fsp3) is 0.400. The van der Waals surface area contributed by atoms with Crippen LogP contribution in [0.5, 0.6) is 0 Å². The minimum absolute atomic E-state index is 0.521. The third-order valence-corrected chi connectivity index (χ3v) is 1.14. The maximum atomic E-state index is 12.3. The zero-order valence-electron chi connectivity index (χ0n) is 5.44. The Bertz CT molecular complexity index is 239. The molecule has 0 bridgehead atoms. The third kappa shape index (κ3) is 1.26. The van der Waals surface area contributed by atoms with Crippen molar-refractivity contribution in [3.05, 3.63) is 12.3 Å². The molecule has 0 unspecified atom stereocenters. The van der Waals surface area contributed by atoms with Gasteiger partial charge in [-0.05, 0) is 6.08 Å². The SMILES string of the molecule is FC(F)(F)C(F)(F)C1=N[N]C=C1. The molecule has 0 aromatic rings. The molecule has 67 valence electrons. The maximum absolute atomic E-state index is 12.3. The molecule has 1 heterocycles. The molecule has 1 rings (SSSR count). The number of halogens is 5. The molecule has 0 N–H and O–H groups in total. The molecule has 12 heavy (non-hydrogen) atoms. The monoisotopic (exact) mass is 185 g/mol. The largest absolute Gasteiger partial charge is 0.459 e. The summed E-state index contributed by atoms with van der Waals surface area (Å²) in [6.45, 7) is 0. The molecule has 0 saturated heterocycles. The normalized spacial score (nSPS) is 17.6. The predicted molar refractivity (Wildman–Crippen MR) is 29.7 cm³/mol. The fourth-order valence-corrected chi connectivity index (χ4v) is 0.545. The van der Waals surface area contributed by atoms with Crippen molar-refractivity contribution >= 4 is 5.71 Å². The summed E-state index contributed by atoms with van der Waals surface area (Å²) < 4.78 is 59.3. The Hall–Kier alpha value is -1.14. The smallest absolute Gasteiger partial charge is 0.189 e. The minimum Gasteiger partial charge on any atom is -0.189 e. The summed E-state index contributed by atoms with van der Waals surface area (Å²) in [5.74, 6) is -4.91. The van der Waals surface area contributed by atoms with Crippen LogP contribution < -0.4 is 5.43 Å². The van der Waals surface area contributed by atoms with Crippen LogP contribution in [0.15, 0.2) is 17.4 Å². The maximum Gasteiger partial charge on any atom is 0.459 e. The van der Waals surface area contributed by atoms with Crippen LogP contribution in [0.3, 0.4) is 0 Å². The Morgan fingerprint density at radius 1 is 1.08 bits per heavy atom. The quantitative estimate of drug-likeness (QED) is 0.555. The average molecular weight is 185 g/mol. The van der Waals surface area contributed by atoms with Gasteiger partial charge in [-0.3, -0.25) is 0 Å². The highest BCUT2D eigenvalue weighted by atomic mass is 19.4. The van der Waals surface area contributed by atoms with Crippen molar-refractivity contribution in [2.75, 3.05) is 0 Å². The first-order valence-corrected chi connectivity index (χ1v) is 2.75. The van der Waals surface area contributed by atoms with Crippen molar-refractivity contribution in [1.29, 1.82) is 0 Å². The van der Waals surface area contributed by atoms with Gasteiger partial charge >= 0.3 is 12.1 Å². The lowest BCUT2D eigenvalue weighted by Gasteiger charge is -2.17. The Kier molecular flexibility index (Phi) is 1.81. The fourth-order valence-electron chi connectivity index (χ4n) is 0.545. The zero-order valence-corrected chi connectivity index (χ0v) is 5.44. The van der Waals surface area contributed by atoms with Gasteiger partial charge in [0.2, 0.25) is 0 Å². The molecule has 1 aliphatic heterocycles. The van der Waals surface area contributed by atoms with E-state index in [9.17, 15) is 22.0 Å². The molecule has 0 aromatic carbocycles. The molecular formula is C5H2F5N2. The molecule has 0 aromatic heterocycles. The van der Waals surface area contributed by atoms with Gasteiger partial charge in [-0.15, -0.1) is 5.10 Å². The van der Waals surface area contributed by atoms with E-state index in [0.717, 1.165) is 6.20 Å². The number of nitrogens with zero attached hydrogens (tertiary/aromatic N) is 2. The third-order valence-electron chi connectivity index (χ3n) is 1.14. The number of hydrogen-bond donors (Lipinski definition) is 0. The first kappa shape index (κ1) is 8.95. The average Bonchev–Trinajstić information content (AvgIpc) is 2.34. The van der Waals surface area contributed by atoms with Crippen molar-refractivity contribution in [1.82, 2.24) is 5.43 Å². The van der Waals surface area contributed by atoms with Gasteiger partial charge in [0.25, 0.3) is 0 Å². The molecule has 0 spiro atoms. The predicted octanol–water partition coefficient (Wildman–Crippen LogP) is 1.67. The summed E-state index contributed by atoms with van der Waals surface area (Å²) in [4.78, 5) is 0. The first-order valence-electron chi connectivity index (χ1n) is 2.75.